The molecule has 0 radical (unpaired) electrons. The summed E-state index contributed by atoms with van der Waals surface area (Å²) >= 11 is 0. The zero-order valence-electron chi connectivity index (χ0n) is 23.0. The van der Waals surface area contributed by atoms with Crippen LogP contribution in [0.1, 0.15) is 56.4 Å². The molecule has 0 atom stereocenters. The van der Waals surface area contributed by atoms with E-state index in [2.05, 4.69) is 49.5 Å². The van der Waals surface area contributed by atoms with Crippen molar-refractivity contribution in [2.75, 3.05) is 32.7 Å². The minimum Gasteiger partial charge on any atom is -0.326 e. The second-order valence-electron chi connectivity index (χ2n) is 10.1. The Morgan fingerprint density at radius 1 is 1.13 bits per heavy atom. The first-order valence-corrected chi connectivity index (χ1v) is 13.2. The van der Waals surface area contributed by atoms with Crippen molar-refractivity contribution in [3.05, 3.63) is 64.8 Å². The maximum atomic E-state index is 15.0. The molecule has 7 nitrogen and oxygen atoms in total. The van der Waals surface area contributed by atoms with E-state index in [4.69, 9.17) is 0 Å². The van der Waals surface area contributed by atoms with Crippen LogP contribution >= 0.6 is 0 Å². The standard InChI is InChI=1S/C29H37F2N7/c1-7-36-10-12-37(13-11-36)18-22-8-9-24(33-17-22)16-27(32-6)35-28(20(4)30)23-14-25(31)29-26(15-23)38(19(2)3)21(5)34-29/h8-9,14-15,17,19H,6-7,10-13,16,18H2,1-5H3/b28-20+,35-27-. The summed E-state index contributed by atoms with van der Waals surface area (Å²) in [6, 6.07) is 7.08. The summed E-state index contributed by atoms with van der Waals surface area (Å²) in [5, 5.41) is 0. The Balaban J connectivity index is 1.54. The minimum atomic E-state index is -0.538. The van der Waals surface area contributed by atoms with Gasteiger partial charge in [0.25, 0.3) is 0 Å². The van der Waals surface area contributed by atoms with Crippen molar-refractivity contribution in [1.29, 1.82) is 0 Å². The topological polar surface area (TPSA) is 61.9 Å². The van der Waals surface area contributed by atoms with Crippen LogP contribution in [0.2, 0.25) is 0 Å². The molecule has 1 saturated heterocycles. The molecule has 0 unspecified atom stereocenters. The zero-order chi connectivity index (χ0) is 27.4. The normalized spacial score (nSPS) is 16.4. The third kappa shape index (κ3) is 6.22. The maximum absolute atomic E-state index is 15.0. The van der Waals surface area contributed by atoms with Gasteiger partial charge in [0.2, 0.25) is 0 Å². The second kappa shape index (κ2) is 12.0. The van der Waals surface area contributed by atoms with Crippen molar-refractivity contribution in [3.63, 3.8) is 0 Å². The number of piperazine rings is 1. The van der Waals surface area contributed by atoms with E-state index in [1.807, 2.05) is 37.6 Å². The number of aliphatic imine (C=N–C) groups is 2. The first-order valence-electron chi connectivity index (χ1n) is 13.2. The van der Waals surface area contributed by atoms with Gasteiger partial charge in [0.15, 0.2) is 5.82 Å². The lowest BCUT2D eigenvalue weighted by molar-refractivity contribution is 0.132. The molecule has 0 N–H and O–H groups in total. The van der Waals surface area contributed by atoms with E-state index in [0.717, 1.165) is 50.5 Å². The molecular formula is C29H37F2N7. The second-order valence-corrected chi connectivity index (χ2v) is 10.1. The van der Waals surface area contributed by atoms with Crippen LogP contribution < -0.4 is 0 Å². The number of halogens is 2. The van der Waals surface area contributed by atoms with Crippen molar-refractivity contribution in [2.45, 2.75) is 53.6 Å². The van der Waals surface area contributed by atoms with Gasteiger partial charge in [0, 0.05) is 62.6 Å². The van der Waals surface area contributed by atoms with Gasteiger partial charge in [0.1, 0.15) is 28.7 Å². The molecule has 1 aliphatic heterocycles. The fourth-order valence-electron chi connectivity index (χ4n) is 4.99. The Hall–Kier alpha value is -3.30. The van der Waals surface area contributed by atoms with Crippen LogP contribution in [0, 0.1) is 12.7 Å². The Morgan fingerprint density at radius 2 is 1.84 bits per heavy atom. The van der Waals surface area contributed by atoms with Gasteiger partial charge in [-0.2, -0.15) is 0 Å². The quantitative estimate of drug-likeness (QED) is 0.286. The van der Waals surface area contributed by atoms with Crippen molar-refractivity contribution in [2.24, 2.45) is 9.98 Å². The maximum Gasteiger partial charge on any atom is 0.151 e. The molecule has 0 bridgehead atoms. The number of pyridine rings is 1. The van der Waals surface area contributed by atoms with Gasteiger partial charge < -0.3 is 9.47 Å². The number of imidazole rings is 1. The number of hydrogen-bond donors (Lipinski definition) is 0. The Kier molecular flexibility index (Phi) is 8.79. The Morgan fingerprint density at radius 3 is 2.42 bits per heavy atom. The molecule has 1 aromatic carbocycles. The zero-order valence-corrected chi connectivity index (χ0v) is 23.0. The molecule has 3 heterocycles. The summed E-state index contributed by atoms with van der Waals surface area (Å²) < 4.78 is 31.7. The highest BCUT2D eigenvalue weighted by molar-refractivity contribution is 5.93. The van der Waals surface area contributed by atoms with Crippen LogP contribution in [0.25, 0.3) is 16.7 Å². The van der Waals surface area contributed by atoms with Crippen molar-refractivity contribution in [3.8, 4) is 0 Å². The van der Waals surface area contributed by atoms with Crippen molar-refractivity contribution in [1.82, 2.24) is 24.3 Å². The highest BCUT2D eigenvalue weighted by atomic mass is 19.1. The summed E-state index contributed by atoms with van der Waals surface area (Å²) in [6.45, 7) is 19.2. The predicted octanol–water partition coefficient (Wildman–Crippen LogP) is 5.60. The molecule has 202 valence electrons. The Bertz CT molecular complexity index is 1340. The summed E-state index contributed by atoms with van der Waals surface area (Å²) in [5.74, 6) is -0.0515. The van der Waals surface area contributed by atoms with Crippen LogP contribution in [0.15, 0.2) is 46.3 Å². The number of nitrogens with zero attached hydrogens (tertiary/aromatic N) is 7. The molecule has 1 fully saturated rings. The summed E-state index contributed by atoms with van der Waals surface area (Å²) in [5.41, 5.74) is 3.10. The number of likely N-dealkylation sites (N-methyl/N-ethyl adjacent to an activating group) is 1. The number of hydrogen-bond acceptors (Lipinski definition) is 5. The van der Waals surface area contributed by atoms with E-state index in [-0.39, 0.29) is 23.7 Å². The molecule has 3 aromatic rings. The highest BCUT2D eigenvalue weighted by Crippen LogP contribution is 2.30. The highest BCUT2D eigenvalue weighted by Gasteiger charge is 2.19. The van der Waals surface area contributed by atoms with Crippen LogP contribution in [0.3, 0.4) is 0 Å². The van der Waals surface area contributed by atoms with E-state index in [9.17, 15) is 4.39 Å². The van der Waals surface area contributed by atoms with E-state index >= 15 is 4.39 Å². The van der Waals surface area contributed by atoms with Gasteiger partial charge >= 0.3 is 0 Å². The Labute approximate surface area is 223 Å². The molecule has 0 spiro atoms. The lowest BCUT2D eigenvalue weighted by Crippen LogP contribution is -2.45. The number of fused-ring (bicyclic) bond motifs is 1. The first kappa shape index (κ1) is 27.7. The smallest absolute Gasteiger partial charge is 0.151 e. The van der Waals surface area contributed by atoms with Gasteiger partial charge in [-0.15, -0.1) is 0 Å². The van der Waals surface area contributed by atoms with Crippen LogP contribution in [0.5, 0.6) is 0 Å². The minimum absolute atomic E-state index is 0.0187. The molecule has 2 aromatic heterocycles. The fraction of sp³-hybridized carbons (Fsp3) is 0.448. The lowest BCUT2D eigenvalue weighted by atomic mass is 10.1. The lowest BCUT2D eigenvalue weighted by Gasteiger charge is -2.33. The van der Waals surface area contributed by atoms with Crippen molar-refractivity contribution >= 4 is 29.3 Å². The van der Waals surface area contributed by atoms with Gasteiger partial charge in [0.05, 0.1) is 5.52 Å². The van der Waals surface area contributed by atoms with Gasteiger partial charge in [-0.25, -0.2) is 23.7 Å². The summed E-state index contributed by atoms with van der Waals surface area (Å²) in [6.07, 6.45) is 2.15. The number of rotatable bonds is 8. The SMILES string of the molecule is C=N/C(Cc1ccc(CN2CCN(CC)CC2)cn1)=N\C(=C(/C)F)c1cc(F)c2nc(C)n(C(C)C)c2c1. The van der Waals surface area contributed by atoms with E-state index in [0.29, 0.717) is 22.7 Å². The van der Waals surface area contributed by atoms with Crippen LogP contribution in [0.4, 0.5) is 8.78 Å². The molecule has 0 saturated carbocycles. The number of aromatic nitrogens is 3. The monoisotopic (exact) mass is 521 g/mol. The predicted molar refractivity (Wildman–Crippen MR) is 151 cm³/mol. The largest absolute Gasteiger partial charge is 0.326 e. The van der Waals surface area contributed by atoms with Crippen molar-refractivity contribution < 1.29 is 8.78 Å². The molecule has 0 aliphatic carbocycles. The number of aryl methyl sites for hydroxylation is 1. The molecule has 0 amide bonds. The summed E-state index contributed by atoms with van der Waals surface area (Å²) in [7, 11) is 0. The third-order valence-electron chi connectivity index (χ3n) is 7.01. The fourth-order valence-corrected chi connectivity index (χ4v) is 4.99. The molecular weight excluding hydrogens is 484 g/mol. The van der Waals surface area contributed by atoms with Crippen LogP contribution in [-0.4, -0.2) is 69.6 Å². The average molecular weight is 522 g/mol. The molecule has 9 heteroatoms. The van der Waals surface area contributed by atoms with E-state index < -0.39 is 11.6 Å². The van der Waals surface area contributed by atoms with E-state index in [1.165, 1.54) is 13.0 Å². The number of allylic oxidation sites excluding steroid dienone is 1. The van der Waals surface area contributed by atoms with Gasteiger partial charge in [-0.05, 0) is 64.7 Å². The van der Waals surface area contributed by atoms with Gasteiger partial charge in [-0.1, -0.05) is 13.0 Å². The molecule has 1 aliphatic rings. The number of benzene rings is 1. The van der Waals surface area contributed by atoms with Crippen LogP contribution in [-0.2, 0) is 13.0 Å². The van der Waals surface area contributed by atoms with E-state index in [1.54, 1.807) is 6.07 Å². The average Bonchev–Trinajstić information content (AvgIpc) is 3.24. The van der Waals surface area contributed by atoms with Gasteiger partial charge in [-0.3, -0.25) is 9.88 Å². The molecule has 38 heavy (non-hydrogen) atoms. The summed E-state index contributed by atoms with van der Waals surface area (Å²) in [4.78, 5) is 22.3. The molecule has 4 rings (SSSR count). The number of amidine groups is 1. The first-order chi connectivity index (χ1) is 18.2. The third-order valence-corrected chi connectivity index (χ3v) is 7.01.